The van der Waals surface area contributed by atoms with Gasteiger partial charge in [0, 0.05) is 19.1 Å². The summed E-state index contributed by atoms with van der Waals surface area (Å²) in [5.41, 5.74) is 2.36. The van der Waals surface area contributed by atoms with E-state index in [1.807, 2.05) is 6.92 Å². The second-order valence-corrected chi connectivity index (χ2v) is 7.70. The van der Waals surface area contributed by atoms with E-state index in [9.17, 15) is 8.42 Å². The molecule has 2 atom stereocenters. The van der Waals surface area contributed by atoms with Crippen molar-refractivity contribution >= 4 is 10.0 Å². The fraction of sp³-hybridized carbons (Fsp3) is 0.625. The molecular weight excluding hydrogens is 286 g/mol. The quantitative estimate of drug-likeness (QED) is 0.879. The largest absolute Gasteiger partial charge is 0.373 e. The maximum absolute atomic E-state index is 11.8. The van der Waals surface area contributed by atoms with Gasteiger partial charge in [-0.05, 0) is 31.7 Å². The van der Waals surface area contributed by atoms with Gasteiger partial charge >= 0.3 is 0 Å². The third-order valence-corrected chi connectivity index (χ3v) is 5.44. The van der Waals surface area contributed by atoms with Gasteiger partial charge in [-0.1, -0.05) is 36.8 Å². The van der Waals surface area contributed by atoms with Crippen LogP contribution in [-0.2, 0) is 14.8 Å². The van der Waals surface area contributed by atoms with E-state index in [2.05, 4.69) is 35.9 Å². The van der Waals surface area contributed by atoms with Crippen LogP contribution in [0.4, 0.5) is 0 Å². The van der Waals surface area contributed by atoms with Gasteiger partial charge in [0.2, 0.25) is 10.0 Å². The van der Waals surface area contributed by atoms with Crippen LogP contribution < -0.4 is 4.72 Å². The van der Waals surface area contributed by atoms with Gasteiger partial charge in [0.25, 0.3) is 0 Å². The van der Waals surface area contributed by atoms with Gasteiger partial charge in [-0.25, -0.2) is 13.1 Å². The molecule has 1 aromatic rings. The number of benzene rings is 1. The van der Waals surface area contributed by atoms with Crippen LogP contribution in [0.25, 0.3) is 0 Å². The predicted octanol–water partition coefficient (Wildman–Crippen LogP) is 2.79. The van der Waals surface area contributed by atoms with Crippen LogP contribution in [0, 0.1) is 12.8 Å². The second kappa shape index (κ2) is 7.38. The van der Waals surface area contributed by atoms with Gasteiger partial charge in [-0.15, -0.1) is 0 Å². The van der Waals surface area contributed by atoms with E-state index >= 15 is 0 Å². The molecule has 0 bridgehead atoms. The zero-order valence-corrected chi connectivity index (χ0v) is 13.7. The molecule has 1 aliphatic heterocycles. The lowest BCUT2D eigenvalue weighted by Gasteiger charge is -2.32. The molecule has 1 aliphatic rings. The van der Waals surface area contributed by atoms with Crippen LogP contribution in [0.1, 0.15) is 43.4 Å². The highest BCUT2D eigenvalue weighted by Gasteiger charge is 2.28. The molecule has 0 amide bonds. The van der Waals surface area contributed by atoms with Crippen LogP contribution in [0.15, 0.2) is 24.3 Å². The number of nitrogens with one attached hydrogen (secondary N) is 1. The van der Waals surface area contributed by atoms with Crippen molar-refractivity contribution in [1.29, 1.82) is 0 Å². The van der Waals surface area contributed by atoms with E-state index < -0.39 is 10.0 Å². The average molecular weight is 311 g/mol. The SMILES string of the molecule is CCCS(=O)(=O)NC[C@H]1CCCO[C@@H]1c1ccc(C)cc1. The molecule has 1 fully saturated rings. The van der Waals surface area contributed by atoms with Crippen LogP contribution in [-0.4, -0.2) is 27.3 Å². The summed E-state index contributed by atoms with van der Waals surface area (Å²) in [5, 5.41) is 0. The van der Waals surface area contributed by atoms with Gasteiger partial charge < -0.3 is 4.74 Å². The number of ether oxygens (including phenoxy) is 1. The van der Waals surface area contributed by atoms with Crippen molar-refractivity contribution in [3.05, 3.63) is 35.4 Å². The van der Waals surface area contributed by atoms with E-state index in [1.165, 1.54) is 5.56 Å². The Morgan fingerprint density at radius 3 is 2.67 bits per heavy atom. The summed E-state index contributed by atoms with van der Waals surface area (Å²) >= 11 is 0. The highest BCUT2D eigenvalue weighted by atomic mass is 32.2. The van der Waals surface area contributed by atoms with Crippen LogP contribution in [0.2, 0.25) is 0 Å². The summed E-state index contributed by atoms with van der Waals surface area (Å²) in [6, 6.07) is 8.31. The first-order valence-corrected chi connectivity index (χ1v) is 9.32. The molecule has 0 unspecified atom stereocenters. The number of hydrogen-bond acceptors (Lipinski definition) is 3. The van der Waals surface area contributed by atoms with Gasteiger partial charge in [0.1, 0.15) is 0 Å². The first kappa shape index (κ1) is 16.5. The molecule has 0 spiro atoms. The number of aryl methyl sites for hydroxylation is 1. The highest BCUT2D eigenvalue weighted by molar-refractivity contribution is 7.89. The summed E-state index contributed by atoms with van der Waals surface area (Å²) in [6.07, 6.45) is 2.61. The van der Waals surface area contributed by atoms with Crippen LogP contribution >= 0.6 is 0 Å². The van der Waals surface area contributed by atoms with Crippen molar-refractivity contribution < 1.29 is 13.2 Å². The average Bonchev–Trinajstić information content (AvgIpc) is 2.46. The minimum atomic E-state index is -3.15. The normalized spacial score (nSPS) is 23.1. The van der Waals surface area contributed by atoms with Gasteiger partial charge in [0.15, 0.2) is 0 Å². The molecule has 2 rings (SSSR count). The molecule has 5 heteroatoms. The van der Waals surface area contributed by atoms with Gasteiger partial charge in [-0.2, -0.15) is 0 Å². The molecule has 0 aliphatic carbocycles. The van der Waals surface area contributed by atoms with Crippen molar-refractivity contribution in [2.75, 3.05) is 18.9 Å². The molecule has 4 nitrogen and oxygen atoms in total. The lowest BCUT2D eigenvalue weighted by Crippen LogP contribution is -2.36. The van der Waals surface area contributed by atoms with Crippen molar-refractivity contribution in [2.45, 2.75) is 39.2 Å². The maximum Gasteiger partial charge on any atom is 0.211 e. The fourth-order valence-corrected chi connectivity index (χ4v) is 3.90. The van der Waals surface area contributed by atoms with Crippen LogP contribution in [0.5, 0.6) is 0 Å². The maximum atomic E-state index is 11.8. The topological polar surface area (TPSA) is 55.4 Å². The van der Waals surface area contributed by atoms with E-state index in [4.69, 9.17) is 4.74 Å². The molecule has 118 valence electrons. The standard InChI is InChI=1S/C16H25NO3S/c1-3-11-21(18,19)17-12-15-5-4-10-20-16(15)14-8-6-13(2)7-9-14/h6-9,15-17H,3-5,10-12H2,1-2H3/t15-,16-/m1/s1. The zero-order chi connectivity index (χ0) is 15.3. The number of rotatable bonds is 6. The second-order valence-electron chi connectivity index (χ2n) is 5.77. The van der Waals surface area contributed by atoms with Crippen molar-refractivity contribution in [3.8, 4) is 0 Å². The predicted molar refractivity (Wildman–Crippen MR) is 84.7 cm³/mol. The fourth-order valence-electron chi connectivity index (χ4n) is 2.75. The molecule has 0 saturated carbocycles. The lowest BCUT2D eigenvalue weighted by molar-refractivity contribution is -0.0262. The Hall–Kier alpha value is -0.910. The van der Waals surface area contributed by atoms with Crippen molar-refractivity contribution in [2.24, 2.45) is 5.92 Å². The Morgan fingerprint density at radius 1 is 1.29 bits per heavy atom. The summed E-state index contributed by atoms with van der Waals surface area (Å²) in [7, 11) is -3.15. The van der Waals surface area contributed by atoms with Gasteiger partial charge in [-0.3, -0.25) is 0 Å². The molecule has 0 radical (unpaired) electrons. The van der Waals surface area contributed by atoms with Crippen LogP contribution in [0.3, 0.4) is 0 Å². The molecular formula is C16H25NO3S. The number of sulfonamides is 1. The van der Waals surface area contributed by atoms with E-state index in [1.54, 1.807) is 0 Å². The molecule has 1 saturated heterocycles. The molecule has 0 aromatic heterocycles. The lowest BCUT2D eigenvalue weighted by atomic mass is 9.89. The van der Waals surface area contributed by atoms with E-state index in [0.29, 0.717) is 13.0 Å². The van der Waals surface area contributed by atoms with Gasteiger partial charge in [0.05, 0.1) is 11.9 Å². The third kappa shape index (κ3) is 4.80. The van der Waals surface area contributed by atoms with E-state index in [-0.39, 0.29) is 17.8 Å². The Labute approximate surface area is 127 Å². The molecule has 1 N–H and O–H groups in total. The van der Waals surface area contributed by atoms with E-state index in [0.717, 1.165) is 25.0 Å². The first-order chi connectivity index (χ1) is 10.0. The Balaban J connectivity index is 2.04. The number of hydrogen-bond donors (Lipinski definition) is 1. The minimum Gasteiger partial charge on any atom is -0.373 e. The molecule has 1 heterocycles. The summed E-state index contributed by atoms with van der Waals surface area (Å²) < 4.78 is 32.3. The minimum absolute atomic E-state index is 0.0105. The Bertz CT molecular complexity index is 539. The highest BCUT2D eigenvalue weighted by Crippen LogP contribution is 2.33. The summed E-state index contributed by atoms with van der Waals surface area (Å²) in [4.78, 5) is 0. The molecule has 21 heavy (non-hydrogen) atoms. The first-order valence-electron chi connectivity index (χ1n) is 7.67. The molecule has 1 aromatic carbocycles. The third-order valence-electron chi connectivity index (χ3n) is 3.89. The monoisotopic (exact) mass is 311 g/mol. The zero-order valence-electron chi connectivity index (χ0n) is 12.8. The summed E-state index contributed by atoms with van der Waals surface area (Å²) in [5.74, 6) is 0.392. The smallest absolute Gasteiger partial charge is 0.211 e. The Morgan fingerprint density at radius 2 is 2.00 bits per heavy atom. The van der Waals surface area contributed by atoms with Crippen molar-refractivity contribution in [3.63, 3.8) is 0 Å². The Kier molecular flexibility index (Phi) is 5.79. The summed E-state index contributed by atoms with van der Waals surface area (Å²) in [6.45, 7) is 5.14. The van der Waals surface area contributed by atoms with Crippen molar-refractivity contribution in [1.82, 2.24) is 4.72 Å².